The summed E-state index contributed by atoms with van der Waals surface area (Å²) in [5.74, 6) is 0.582. The Balaban J connectivity index is 2.18. The van der Waals surface area contributed by atoms with Crippen LogP contribution in [0.4, 0.5) is 0 Å². The summed E-state index contributed by atoms with van der Waals surface area (Å²) in [7, 11) is 3.58. The molecule has 0 bridgehead atoms. The molecule has 1 N–H and O–H groups in total. The van der Waals surface area contributed by atoms with Gasteiger partial charge in [-0.15, -0.1) is 0 Å². The standard InChI is InChI=1S/C12H18N6O/c1-8-10(5-6-11(19)16-17(3)4)9(2)18-12(15-8)13-7-14-18/h7H,5-6H2,1-4H3,(H,16,19). The number of aryl methyl sites for hydroxylation is 2. The highest BCUT2D eigenvalue weighted by Crippen LogP contribution is 2.14. The van der Waals surface area contributed by atoms with Gasteiger partial charge >= 0.3 is 0 Å². The van der Waals surface area contributed by atoms with E-state index >= 15 is 0 Å². The van der Waals surface area contributed by atoms with Gasteiger partial charge in [0.2, 0.25) is 5.91 Å². The third kappa shape index (κ3) is 2.87. The molecule has 0 atom stereocenters. The monoisotopic (exact) mass is 262 g/mol. The number of hydrogen-bond donors (Lipinski definition) is 1. The Morgan fingerprint density at radius 2 is 2.16 bits per heavy atom. The summed E-state index contributed by atoms with van der Waals surface area (Å²) in [6, 6.07) is 0. The Morgan fingerprint density at radius 1 is 1.42 bits per heavy atom. The average Bonchev–Trinajstić information content (AvgIpc) is 2.75. The number of nitrogens with zero attached hydrogens (tertiary/aromatic N) is 5. The van der Waals surface area contributed by atoms with Crippen LogP contribution < -0.4 is 5.43 Å². The van der Waals surface area contributed by atoms with Crippen LogP contribution in [0.5, 0.6) is 0 Å². The van der Waals surface area contributed by atoms with E-state index in [1.54, 1.807) is 23.6 Å². The first kappa shape index (κ1) is 13.4. The fourth-order valence-corrected chi connectivity index (χ4v) is 2.06. The number of hydrazine groups is 1. The second kappa shape index (κ2) is 5.31. The Labute approximate surface area is 111 Å². The van der Waals surface area contributed by atoms with Crippen LogP contribution in [0.1, 0.15) is 23.4 Å². The largest absolute Gasteiger partial charge is 0.289 e. The molecule has 2 aromatic rings. The molecule has 2 aromatic heterocycles. The Morgan fingerprint density at radius 3 is 2.84 bits per heavy atom. The number of nitrogens with one attached hydrogen (secondary N) is 1. The molecule has 0 saturated heterocycles. The van der Waals surface area contributed by atoms with Crippen LogP contribution in [-0.2, 0) is 11.2 Å². The molecule has 0 unspecified atom stereocenters. The minimum absolute atomic E-state index is 0.0116. The SMILES string of the molecule is Cc1nc2ncnn2c(C)c1CCC(=O)NN(C)C. The van der Waals surface area contributed by atoms with E-state index in [4.69, 9.17) is 0 Å². The van der Waals surface area contributed by atoms with E-state index in [1.807, 2.05) is 13.8 Å². The van der Waals surface area contributed by atoms with Crippen molar-refractivity contribution in [1.82, 2.24) is 30.0 Å². The normalized spacial score (nSPS) is 11.2. The molecule has 0 aliphatic rings. The van der Waals surface area contributed by atoms with Gasteiger partial charge in [0.1, 0.15) is 6.33 Å². The first-order valence-electron chi connectivity index (χ1n) is 6.11. The molecular weight excluding hydrogens is 244 g/mol. The van der Waals surface area contributed by atoms with Crippen LogP contribution in [0.15, 0.2) is 6.33 Å². The zero-order valence-corrected chi connectivity index (χ0v) is 11.6. The van der Waals surface area contributed by atoms with Crippen molar-refractivity contribution in [3.8, 4) is 0 Å². The van der Waals surface area contributed by atoms with E-state index in [0.717, 1.165) is 17.0 Å². The zero-order valence-electron chi connectivity index (χ0n) is 11.6. The van der Waals surface area contributed by atoms with E-state index in [2.05, 4.69) is 20.5 Å². The third-order valence-corrected chi connectivity index (χ3v) is 2.94. The number of amides is 1. The van der Waals surface area contributed by atoms with Crippen LogP contribution in [0.3, 0.4) is 0 Å². The van der Waals surface area contributed by atoms with Crippen LogP contribution in [0.25, 0.3) is 5.78 Å². The van der Waals surface area contributed by atoms with Crippen molar-refractivity contribution in [3.05, 3.63) is 23.3 Å². The zero-order chi connectivity index (χ0) is 14.0. The van der Waals surface area contributed by atoms with Gasteiger partial charge < -0.3 is 0 Å². The van der Waals surface area contributed by atoms with Gasteiger partial charge in [-0.25, -0.2) is 14.5 Å². The maximum absolute atomic E-state index is 11.7. The van der Waals surface area contributed by atoms with Crippen molar-refractivity contribution in [2.45, 2.75) is 26.7 Å². The molecule has 0 saturated carbocycles. The fraction of sp³-hybridized carbons (Fsp3) is 0.500. The van der Waals surface area contributed by atoms with E-state index < -0.39 is 0 Å². The van der Waals surface area contributed by atoms with Gasteiger partial charge in [-0.3, -0.25) is 10.2 Å². The van der Waals surface area contributed by atoms with Gasteiger partial charge in [0.05, 0.1) is 0 Å². The summed E-state index contributed by atoms with van der Waals surface area (Å²) in [5.41, 5.74) is 5.65. The molecule has 0 aliphatic carbocycles. The predicted octanol–water partition coefficient (Wildman–Crippen LogP) is 0.267. The molecule has 7 nitrogen and oxygen atoms in total. The van der Waals surface area contributed by atoms with Crippen molar-refractivity contribution in [3.63, 3.8) is 0 Å². The quantitative estimate of drug-likeness (QED) is 0.800. The highest BCUT2D eigenvalue weighted by atomic mass is 16.2. The number of carbonyl (C=O) groups excluding carboxylic acids is 1. The molecule has 0 radical (unpaired) electrons. The second-order valence-corrected chi connectivity index (χ2v) is 4.66. The summed E-state index contributed by atoms with van der Waals surface area (Å²) in [6.07, 6.45) is 2.54. The molecule has 0 aliphatic heterocycles. The van der Waals surface area contributed by atoms with E-state index in [0.29, 0.717) is 18.6 Å². The first-order valence-corrected chi connectivity index (χ1v) is 6.11. The lowest BCUT2D eigenvalue weighted by Crippen LogP contribution is -2.36. The third-order valence-electron chi connectivity index (χ3n) is 2.94. The molecule has 0 aromatic carbocycles. The Bertz CT molecular complexity index is 604. The maximum Gasteiger partial charge on any atom is 0.252 e. The highest BCUT2D eigenvalue weighted by Gasteiger charge is 2.12. The fourth-order valence-electron chi connectivity index (χ4n) is 2.06. The lowest BCUT2D eigenvalue weighted by atomic mass is 10.1. The number of carbonyl (C=O) groups is 1. The van der Waals surface area contributed by atoms with Crippen molar-refractivity contribution in [1.29, 1.82) is 0 Å². The summed E-state index contributed by atoms with van der Waals surface area (Å²) in [5, 5.41) is 5.77. The topological polar surface area (TPSA) is 75.4 Å². The first-order chi connectivity index (χ1) is 8.99. The minimum Gasteiger partial charge on any atom is -0.289 e. The molecule has 7 heteroatoms. The summed E-state index contributed by atoms with van der Waals surface area (Å²) >= 11 is 0. The predicted molar refractivity (Wildman–Crippen MR) is 70.4 cm³/mol. The van der Waals surface area contributed by atoms with Crippen molar-refractivity contribution >= 4 is 11.7 Å². The molecule has 1 amide bonds. The van der Waals surface area contributed by atoms with Gasteiger partial charge in [0.25, 0.3) is 5.78 Å². The van der Waals surface area contributed by atoms with Crippen LogP contribution in [-0.4, -0.2) is 44.6 Å². The van der Waals surface area contributed by atoms with Crippen LogP contribution in [0, 0.1) is 13.8 Å². The van der Waals surface area contributed by atoms with E-state index in [1.165, 1.54) is 6.33 Å². The van der Waals surface area contributed by atoms with E-state index in [9.17, 15) is 4.79 Å². The van der Waals surface area contributed by atoms with E-state index in [-0.39, 0.29) is 5.91 Å². The number of aromatic nitrogens is 4. The van der Waals surface area contributed by atoms with Crippen molar-refractivity contribution in [2.24, 2.45) is 0 Å². The van der Waals surface area contributed by atoms with Gasteiger partial charge in [0, 0.05) is 31.9 Å². The maximum atomic E-state index is 11.7. The highest BCUT2D eigenvalue weighted by molar-refractivity contribution is 5.75. The summed E-state index contributed by atoms with van der Waals surface area (Å²) < 4.78 is 1.70. The number of fused-ring (bicyclic) bond motifs is 1. The average molecular weight is 262 g/mol. The van der Waals surface area contributed by atoms with Gasteiger partial charge in [-0.1, -0.05) is 0 Å². The molecular formula is C12H18N6O. The van der Waals surface area contributed by atoms with Crippen molar-refractivity contribution < 1.29 is 4.79 Å². The molecule has 102 valence electrons. The second-order valence-electron chi connectivity index (χ2n) is 4.66. The number of hydrogen-bond acceptors (Lipinski definition) is 5. The minimum atomic E-state index is -0.0116. The molecule has 0 spiro atoms. The molecule has 2 rings (SSSR count). The van der Waals surface area contributed by atoms with Crippen LogP contribution >= 0.6 is 0 Å². The molecule has 2 heterocycles. The smallest absolute Gasteiger partial charge is 0.252 e. The molecule has 0 fully saturated rings. The lowest BCUT2D eigenvalue weighted by molar-refractivity contribution is -0.124. The van der Waals surface area contributed by atoms with Gasteiger partial charge in [-0.2, -0.15) is 10.1 Å². The van der Waals surface area contributed by atoms with Gasteiger partial charge in [-0.05, 0) is 25.8 Å². The van der Waals surface area contributed by atoms with Gasteiger partial charge in [0.15, 0.2) is 0 Å². The Hall–Kier alpha value is -2.02. The summed E-state index contributed by atoms with van der Waals surface area (Å²) in [4.78, 5) is 20.1. The van der Waals surface area contributed by atoms with Crippen molar-refractivity contribution in [2.75, 3.05) is 14.1 Å². The lowest BCUT2D eigenvalue weighted by Gasteiger charge is -2.13. The number of rotatable bonds is 4. The Kier molecular flexibility index (Phi) is 3.75. The van der Waals surface area contributed by atoms with Crippen LogP contribution in [0.2, 0.25) is 0 Å². The summed E-state index contributed by atoms with van der Waals surface area (Å²) in [6.45, 7) is 3.90. The molecule has 19 heavy (non-hydrogen) atoms.